The molecule has 7 nitrogen and oxygen atoms in total. The number of hydrogen-bond donors (Lipinski definition) is 2. The number of carbonyl (C=O) groups excluding carboxylic acids is 2. The highest BCUT2D eigenvalue weighted by atomic mass is 19.4. The van der Waals surface area contributed by atoms with Crippen LogP contribution in [-0.4, -0.2) is 70.1 Å². The normalized spacial score (nSPS) is 22.3. The number of rotatable bonds is 2. The lowest BCUT2D eigenvalue weighted by atomic mass is 10.1. The zero-order chi connectivity index (χ0) is 19.2. The molecule has 1 rings (SSSR count). The Labute approximate surface area is 138 Å². The molecule has 0 aromatic carbocycles. The summed E-state index contributed by atoms with van der Waals surface area (Å²) in [5.41, 5.74) is 5.76. The van der Waals surface area contributed by atoms with Gasteiger partial charge in [-0.05, 0) is 20.3 Å². The van der Waals surface area contributed by atoms with Crippen molar-refractivity contribution in [1.29, 1.82) is 0 Å². The first kappa shape index (κ1) is 22.2. The number of piperazine rings is 1. The van der Waals surface area contributed by atoms with Crippen molar-refractivity contribution in [2.45, 2.75) is 58.4 Å². The van der Waals surface area contributed by atoms with Gasteiger partial charge in [0.2, 0.25) is 11.8 Å². The first-order valence-corrected chi connectivity index (χ1v) is 7.46. The number of hydrogen-bond acceptors (Lipinski definition) is 4. The van der Waals surface area contributed by atoms with E-state index < -0.39 is 18.2 Å². The minimum atomic E-state index is -5.08. The maximum atomic E-state index is 12.0. The summed E-state index contributed by atoms with van der Waals surface area (Å²) in [7, 11) is 0. The summed E-state index contributed by atoms with van der Waals surface area (Å²) < 4.78 is 31.7. The fourth-order valence-corrected chi connectivity index (χ4v) is 2.53. The number of carboxylic acid groups (broad SMARTS) is 1. The van der Waals surface area contributed by atoms with Crippen LogP contribution in [0.4, 0.5) is 13.2 Å². The second-order valence-corrected chi connectivity index (χ2v) is 5.69. The van der Waals surface area contributed by atoms with Crippen LogP contribution in [0.25, 0.3) is 0 Å². The molecule has 0 saturated carbocycles. The van der Waals surface area contributed by atoms with Crippen LogP contribution < -0.4 is 5.73 Å². The third-order valence-corrected chi connectivity index (χ3v) is 3.59. The third-order valence-electron chi connectivity index (χ3n) is 3.59. The Bertz CT molecular complexity index is 459. The molecule has 1 saturated heterocycles. The first-order chi connectivity index (χ1) is 10.8. The van der Waals surface area contributed by atoms with Crippen LogP contribution in [0, 0.1) is 0 Å². The average molecular weight is 355 g/mol. The fourth-order valence-electron chi connectivity index (χ4n) is 2.53. The smallest absolute Gasteiger partial charge is 0.475 e. The molecule has 3 unspecified atom stereocenters. The van der Waals surface area contributed by atoms with E-state index in [9.17, 15) is 22.8 Å². The van der Waals surface area contributed by atoms with Crippen LogP contribution in [-0.2, 0) is 14.4 Å². The van der Waals surface area contributed by atoms with E-state index in [0.717, 1.165) is 0 Å². The molecule has 2 amide bonds. The van der Waals surface area contributed by atoms with Gasteiger partial charge in [-0.15, -0.1) is 0 Å². The largest absolute Gasteiger partial charge is 0.490 e. The Kier molecular flexibility index (Phi) is 8.18. The van der Waals surface area contributed by atoms with Gasteiger partial charge in [0.1, 0.15) is 0 Å². The van der Waals surface area contributed by atoms with Crippen LogP contribution in [0.15, 0.2) is 0 Å². The molecule has 10 heteroatoms. The Hall–Kier alpha value is -1.84. The van der Waals surface area contributed by atoms with Gasteiger partial charge in [0.05, 0.1) is 6.04 Å². The number of aliphatic carboxylic acids is 1. The molecule has 0 aromatic rings. The molecule has 1 heterocycles. The number of nitrogens with zero attached hydrogens (tertiary/aromatic N) is 2. The molecular weight excluding hydrogens is 331 g/mol. The monoisotopic (exact) mass is 355 g/mol. The minimum absolute atomic E-state index is 0.00518. The first-order valence-electron chi connectivity index (χ1n) is 7.46. The van der Waals surface area contributed by atoms with Gasteiger partial charge < -0.3 is 20.6 Å². The second-order valence-electron chi connectivity index (χ2n) is 5.69. The molecule has 1 aliphatic heterocycles. The van der Waals surface area contributed by atoms with E-state index in [1.165, 1.54) is 0 Å². The summed E-state index contributed by atoms with van der Waals surface area (Å²) >= 11 is 0. The number of carbonyl (C=O) groups is 3. The van der Waals surface area contributed by atoms with Gasteiger partial charge in [0, 0.05) is 32.1 Å². The summed E-state index contributed by atoms with van der Waals surface area (Å²) in [6.45, 7) is 8.57. The van der Waals surface area contributed by atoms with E-state index in [2.05, 4.69) is 0 Å². The average Bonchev–Trinajstić information content (AvgIpc) is 2.43. The van der Waals surface area contributed by atoms with Crippen LogP contribution in [0.2, 0.25) is 0 Å². The van der Waals surface area contributed by atoms with Crippen LogP contribution >= 0.6 is 0 Å². The second kappa shape index (κ2) is 8.86. The van der Waals surface area contributed by atoms with Crippen molar-refractivity contribution in [3.05, 3.63) is 0 Å². The van der Waals surface area contributed by atoms with Gasteiger partial charge in [-0.2, -0.15) is 13.2 Å². The van der Waals surface area contributed by atoms with E-state index in [1.54, 1.807) is 11.8 Å². The topological polar surface area (TPSA) is 104 Å². The fraction of sp³-hybridized carbons (Fsp3) is 0.786. The van der Waals surface area contributed by atoms with Crippen molar-refractivity contribution in [3.8, 4) is 0 Å². The molecule has 0 aliphatic carbocycles. The van der Waals surface area contributed by atoms with Crippen LogP contribution in [0.5, 0.6) is 0 Å². The summed E-state index contributed by atoms with van der Waals surface area (Å²) in [5, 5.41) is 7.12. The van der Waals surface area contributed by atoms with Crippen molar-refractivity contribution in [2.75, 3.05) is 13.1 Å². The SMILES string of the molecule is CCC(N)C(=O)N1CC(C)N(C(C)=O)C(C)C1.O=C(O)C(F)(F)F. The van der Waals surface area contributed by atoms with Gasteiger partial charge in [0.25, 0.3) is 0 Å². The Morgan fingerprint density at radius 3 is 1.83 bits per heavy atom. The lowest BCUT2D eigenvalue weighted by Crippen LogP contribution is -2.61. The lowest BCUT2D eigenvalue weighted by Gasteiger charge is -2.44. The van der Waals surface area contributed by atoms with Crippen molar-refractivity contribution < 1.29 is 32.7 Å². The van der Waals surface area contributed by atoms with Gasteiger partial charge in [-0.25, -0.2) is 4.79 Å². The third kappa shape index (κ3) is 6.34. The number of amides is 2. The van der Waals surface area contributed by atoms with E-state index in [0.29, 0.717) is 19.5 Å². The maximum Gasteiger partial charge on any atom is 0.490 e. The highest BCUT2D eigenvalue weighted by Gasteiger charge is 2.38. The Balaban J connectivity index is 0.000000640. The van der Waals surface area contributed by atoms with Gasteiger partial charge in [-0.1, -0.05) is 6.92 Å². The van der Waals surface area contributed by atoms with E-state index in [4.69, 9.17) is 15.6 Å². The highest BCUT2D eigenvalue weighted by molar-refractivity contribution is 5.82. The summed E-state index contributed by atoms with van der Waals surface area (Å²) in [6, 6.07) is -0.299. The zero-order valence-electron chi connectivity index (χ0n) is 14.1. The van der Waals surface area contributed by atoms with Crippen molar-refractivity contribution in [3.63, 3.8) is 0 Å². The molecule has 24 heavy (non-hydrogen) atoms. The van der Waals surface area contributed by atoms with Gasteiger partial charge >= 0.3 is 12.1 Å². The van der Waals surface area contributed by atoms with Crippen molar-refractivity contribution in [1.82, 2.24) is 9.80 Å². The number of carboxylic acids is 1. The molecule has 0 radical (unpaired) electrons. The molecule has 1 aliphatic rings. The van der Waals surface area contributed by atoms with Gasteiger partial charge in [0.15, 0.2) is 0 Å². The lowest BCUT2D eigenvalue weighted by molar-refractivity contribution is -0.192. The number of halogens is 3. The highest BCUT2D eigenvalue weighted by Crippen LogP contribution is 2.16. The predicted molar refractivity (Wildman–Crippen MR) is 80.0 cm³/mol. The summed E-state index contributed by atoms with van der Waals surface area (Å²) in [4.78, 5) is 36.0. The molecule has 0 spiro atoms. The quantitative estimate of drug-likeness (QED) is 0.763. The number of alkyl halides is 3. The van der Waals surface area contributed by atoms with E-state index >= 15 is 0 Å². The Morgan fingerprint density at radius 1 is 1.21 bits per heavy atom. The Morgan fingerprint density at radius 2 is 1.58 bits per heavy atom. The molecule has 1 fully saturated rings. The molecule has 3 N–H and O–H groups in total. The summed E-state index contributed by atoms with van der Waals surface area (Å²) in [5.74, 6) is -2.70. The molecule has 3 atom stereocenters. The van der Waals surface area contributed by atoms with E-state index in [-0.39, 0.29) is 23.9 Å². The minimum Gasteiger partial charge on any atom is -0.475 e. The van der Waals surface area contributed by atoms with Crippen molar-refractivity contribution >= 4 is 17.8 Å². The molecular formula is C14H24F3N3O4. The van der Waals surface area contributed by atoms with Gasteiger partial charge in [-0.3, -0.25) is 9.59 Å². The van der Waals surface area contributed by atoms with Crippen LogP contribution in [0.3, 0.4) is 0 Å². The maximum absolute atomic E-state index is 12.0. The molecule has 0 aromatic heterocycles. The summed E-state index contributed by atoms with van der Waals surface area (Å²) in [6.07, 6.45) is -4.44. The zero-order valence-corrected chi connectivity index (χ0v) is 14.1. The molecule has 0 bridgehead atoms. The van der Waals surface area contributed by atoms with Crippen LogP contribution in [0.1, 0.15) is 34.1 Å². The standard InChI is InChI=1S/C12H23N3O2.C2HF3O2/c1-5-11(13)12(17)14-6-8(2)15(10(4)16)9(3)7-14;3-2(4,5)1(6)7/h8-9,11H,5-7,13H2,1-4H3;(H,6,7). The number of nitrogens with two attached hydrogens (primary N) is 1. The molecule has 140 valence electrons. The van der Waals surface area contributed by atoms with Crippen molar-refractivity contribution in [2.24, 2.45) is 5.73 Å². The predicted octanol–water partition coefficient (Wildman–Crippen LogP) is 0.825. The van der Waals surface area contributed by atoms with E-state index in [1.807, 2.05) is 25.7 Å².